The number of aryl methyl sites for hydroxylation is 2. The van der Waals surface area contributed by atoms with Crippen LogP contribution in [0.25, 0.3) is 33.4 Å². The zero-order valence-corrected chi connectivity index (χ0v) is 18.7. The molecule has 32 heavy (non-hydrogen) atoms. The molecule has 0 atom stereocenters. The number of carbonyl (C=O) groups is 1. The van der Waals surface area contributed by atoms with E-state index in [1.54, 1.807) is 12.1 Å². The third-order valence-corrected chi connectivity index (χ3v) is 5.49. The molecular formula is C26H26N2O4. The van der Waals surface area contributed by atoms with E-state index in [1.165, 1.54) is 0 Å². The molecule has 6 nitrogen and oxygen atoms in total. The SMILES string of the molecule is CC/N=c1/cc2oc3cc(NC)c(C)cc3c(-c3ccc(OCC(=O)O)cc3)c-2cc1C. The Hall–Kier alpha value is -3.80. The second-order valence-electron chi connectivity index (χ2n) is 7.71. The van der Waals surface area contributed by atoms with Gasteiger partial charge in [-0.1, -0.05) is 12.1 Å². The van der Waals surface area contributed by atoms with E-state index in [-0.39, 0.29) is 6.61 Å². The summed E-state index contributed by atoms with van der Waals surface area (Å²) in [7, 11) is 1.90. The van der Waals surface area contributed by atoms with Gasteiger partial charge < -0.3 is 19.6 Å². The Balaban J connectivity index is 1.99. The molecule has 2 aromatic rings. The molecular weight excluding hydrogens is 404 g/mol. The topological polar surface area (TPSA) is 84.1 Å². The third kappa shape index (κ3) is 4.04. The molecule has 1 aliphatic heterocycles. The summed E-state index contributed by atoms with van der Waals surface area (Å²) >= 11 is 0. The van der Waals surface area contributed by atoms with Gasteiger partial charge in [-0.3, -0.25) is 4.99 Å². The lowest BCUT2D eigenvalue weighted by Gasteiger charge is -2.18. The van der Waals surface area contributed by atoms with Gasteiger partial charge in [0.2, 0.25) is 0 Å². The lowest BCUT2D eigenvalue weighted by Crippen LogP contribution is -2.09. The van der Waals surface area contributed by atoms with Crippen molar-refractivity contribution in [1.29, 1.82) is 0 Å². The number of aliphatic carboxylic acids is 1. The highest BCUT2D eigenvalue weighted by atomic mass is 16.5. The van der Waals surface area contributed by atoms with Crippen molar-refractivity contribution in [3.8, 4) is 28.2 Å². The maximum Gasteiger partial charge on any atom is 0.341 e. The molecule has 0 fully saturated rings. The molecule has 0 amide bonds. The van der Waals surface area contributed by atoms with Crippen LogP contribution in [0.4, 0.5) is 5.69 Å². The number of rotatable bonds is 6. The fourth-order valence-electron chi connectivity index (χ4n) is 3.97. The Bertz CT molecular complexity index is 1340. The number of fused-ring (bicyclic) bond motifs is 2. The molecule has 0 saturated carbocycles. The average Bonchev–Trinajstić information content (AvgIpc) is 2.77. The number of hydrogen-bond acceptors (Lipinski definition) is 5. The van der Waals surface area contributed by atoms with Crippen LogP contribution in [-0.2, 0) is 4.79 Å². The molecule has 1 heterocycles. The number of ether oxygens (including phenoxy) is 1. The number of nitrogens with zero attached hydrogens (tertiary/aromatic N) is 1. The van der Waals surface area contributed by atoms with Gasteiger partial charge in [0.25, 0.3) is 0 Å². The van der Waals surface area contributed by atoms with Gasteiger partial charge in [0.15, 0.2) is 6.61 Å². The Morgan fingerprint density at radius 3 is 2.50 bits per heavy atom. The predicted octanol–water partition coefficient (Wildman–Crippen LogP) is 5.25. The second kappa shape index (κ2) is 8.75. The van der Waals surface area contributed by atoms with Crippen LogP contribution >= 0.6 is 0 Å². The lowest BCUT2D eigenvalue weighted by molar-refractivity contribution is -0.139. The van der Waals surface area contributed by atoms with Crippen molar-refractivity contribution in [3.05, 3.63) is 65.0 Å². The van der Waals surface area contributed by atoms with Gasteiger partial charge in [0.1, 0.15) is 17.1 Å². The van der Waals surface area contributed by atoms with Crippen molar-refractivity contribution in [1.82, 2.24) is 0 Å². The monoisotopic (exact) mass is 430 g/mol. The molecule has 2 aromatic carbocycles. The summed E-state index contributed by atoms with van der Waals surface area (Å²) in [6.07, 6.45) is 0. The molecule has 4 rings (SSSR count). The van der Waals surface area contributed by atoms with Gasteiger partial charge in [-0.2, -0.15) is 0 Å². The number of benzene rings is 3. The first kappa shape index (κ1) is 21.4. The smallest absolute Gasteiger partial charge is 0.341 e. The van der Waals surface area contributed by atoms with Crippen LogP contribution in [0, 0.1) is 13.8 Å². The van der Waals surface area contributed by atoms with Crippen LogP contribution in [0.3, 0.4) is 0 Å². The van der Waals surface area contributed by atoms with E-state index >= 15 is 0 Å². The van der Waals surface area contributed by atoms with Crippen molar-refractivity contribution < 1.29 is 19.1 Å². The molecule has 164 valence electrons. The molecule has 0 bridgehead atoms. The van der Waals surface area contributed by atoms with Crippen molar-refractivity contribution >= 4 is 22.6 Å². The molecule has 0 saturated heterocycles. The summed E-state index contributed by atoms with van der Waals surface area (Å²) in [5, 5.41) is 14.0. The summed E-state index contributed by atoms with van der Waals surface area (Å²) in [5.41, 5.74) is 7.04. The number of carboxylic acid groups (broad SMARTS) is 1. The van der Waals surface area contributed by atoms with Gasteiger partial charge in [-0.25, -0.2) is 4.79 Å². The van der Waals surface area contributed by atoms with Crippen LogP contribution in [-0.4, -0.2) is 31.3 Å². The largest absolute Gasteiger partial charge is 0.482 e. The van der Waals surface area contributed by atoms with Crippen molar-refractivity contribution in [3.63, 3.8) is 0 Å². The molecule has 0 spiro atoms. The van der Waals surface area contributed by atoms with Crippen LogP contribution in [0.5, 0.6) is 5.75 Å². The number of carboxylic acids is 1. The third-order valence-electron chi connectivity index (χ3n) is 5.49. The summed E-state index contributed by atoms with van der Waals surface area (Å²) in [6.45, 7) is 6.47. The van der Waals surface area contributed by atoms with E-state index in [4.69, 9.17) is 14.3 Å². The Kier molecular flexibility index (Phi) is 5.86. The summed E-state index contributed by atoms with van der Waals surface area (Å²) in [4.78, 5) is 15.4. The van der Waals surface area contributed by atoms with Crippen LogP contribution in [0.1, 0.15) is 18.1 Å². The minimum atomic E-state index is -1.00. The highest BCUT2D eigenvalue weighted by Gasteiger charge is 2.19. The van der Waals surface area contributed by atoms with E-state index in [2.05, 4.69) is 36.3 Å². The zero-order valence-electron chi connectivity index (χ0n) is 18.7. The maximum atomic E-state index is 10.8. The summed E-state index contributed by atoms with van der Waals surface area (Å²) < 4.78 is 11.7. The standard InChI is InChI=1S/C26H26N2O4/c1-5-28-22-13-24-20(11-16(22)3)26(17-6-8-18(9-7-17)31-14-25(29)30)19-10-15(2)21(27-4)12-23(19)32-24/h6-13,27H,5,14H2,1-4H3,(H,29,30)/b28-22-. The Morgan fingerprint density at radius 1 is 1.09 bits per heavy atom. The zero-order chi connectivity index (χ0) is 22.8. The van der Waals surface area contributed by atoms with E-state index < -0.39 is 5.97 Å². The molecule has 0 unspecified atom stereocenters. The molecule has 2 aliphatic rings. The van der Waals surface area contributed by atoms with Crippen LogP contribution in [0.2, 0.25) is 0 Å². The number of nitrogens with one attached hydrogen (secondary N) is 1. The highest BCUT2D eigenvalue weighted by molar-refractivity contribution is 6.03. The molecule has 0 aromatic heterocycles. The molecule has 0 radical (unpaired) electrons. The first-order chi connectivity index (χ1) is 15.4. The molecule has 2 N–H and O–H groups in total. The Morgan fingerprint density at radius 2 is 1.84 bits per heavy atom. The molecule has 6 heteroatoms. The van der Waals surface area contributed by atoms with Crippen molar-refractivity contribution in [2.24, 2.45) is 4.99 Å². The first-order valence-corrected chi connectivity index (χ1v) is 10.6. The summed E-state index contributed by atoms with van der Waals surface area (Å²) in [5.74, 6) is 0.275. The fraction of sp³-hybridized carbons (Fsp3) is 0.231. The second-order valence-corrected chi connectivity index (χ2v) is 7.71. The number of hydrogen-bond donors (Lipinski definition) is 2. The minimum Gasteiger partial charge on any atom is -0.482 e. The fourth-order valence-corrected chi connectivity index (χ4v) is 3.97. The van der Waals surface area contributed by atoms with E-state index in [0.29, 0.717) is 12.3 Å². The Labute approximate surface area is 186 Å². The van der Waals surface area contributed by atoms with Crippen molar-refractivity contribution in [2.75, 3.05) is 25.5 Å². The quantitative estimate of drug-likeness (QED) is 0.408. The van der Waals surface area contributed by atoms with Crippen molar-refractivity contribution in [2.45, 2.75) is 20.8 Å². The molecule has 1 aliphatic carbocycles. The first-order valence-electron chi connectivity index (χ1n) is 10.6. The average molecular weight is 431 g/mol. The van der Waals surface area contributed by atoms with Gasteiger partial charge in [-0.15, -0.1) is 0 Å². The van der Waals surface area contributed by atoms with Gasteiger partial charge in [0, 0.05) is 47.9 Å². The van der Waals surface area contributed by atoms with E-state index in [1.807, 2.05) is 38.2 Å². The minimum absolute atomic E-state index is 0.371. The normalized spacial score (nSPS) is 11.8. The van der Waals surface area contributed by atoms with Crippen LogP contribution < -0.4 is 15.4 Å². The van der Waals surface area contributed by atoms with E-state index in [9.17, 15) is 4.79 Å². The highest BCUT2D eigenvalue weighted by Crippen LogP contribution is 2.42. The van der Waals surface area contributed by atoms with Gasteiger partial charge in [-0.05, 0) is 61.7 Å². The maximum absolute atomic E-state index is 10.8. The predicted molar refractivity (Wildman–Crippen MR) is 127 cm³/mol. The van der Waals surface area contributed by atoms with Gasteiger partial charge >= 0.3 is 5.97 Å². The van der Waals surface area contributed by atoms with Crippen LogP contribution in [0.15, 0.2) is 57.9 Å². The summed E-state index contributed by atoms with van der Waals surface area (Å²) in [6, 6.07) is 15.8. The van der Waals surface area contributed by atoms with E-state index in [0.717, 1.165) is 55.6 Å². The van der Waals surface area contributed by atoms with Gasteiger partial charge in [0.05, 0.1) is 5.36 Å². The lowest BCUT2D eigenvalue weighted by atomic mass is 9.91. The number of anilines is 1.